The number of nitrogens with zero attached hydrogens (tertiary/aromatic N) is 2. The number of rotatable bonds is 6. The number of benzene rings is 2. The second-order valence-corrected chi connectivity index (χ2v) is 7.32. The molecule has 1 amide bonds. The van der Waals surface area contributed by atoms with E-state index in [9.17, 15) is 13.6 Å². The Morgan fingerprint density at radius 1 is 1.18 bits per heavy atom. The molecule has 0 radical (unpaired) electrons. The molecule has 0 aliphatic rings. The summed E-state index contributed by atoms with van der Waals surface area (Å²) in [7, 11) is 0. The number of halogens is 1. The number of nitrogens with one attached hydrogen (secondary N) is 1. The van der Waals surface area contributed by atoms with Gasteiger partial charge >= 0.3 is 0 Å². The summed E-state index contributed by atoms with van der Waals surface area (Å²) in [5.41, 5.74) is 2.83. The fourth-order valence-corrected chi connectivity index (χ4v) is 3.41. The maximum Gasteiger partial charge on any atom is 0.251 e. The average molecular weight is 415 g/mol. The van der Waals surface area contributed by atoms with Gasteiger partial charge in [-0.3, -0.25) is 18.3 Å². The highest BCUT2D eigenvalue weighted by Crippen LogP contribution is 2.30. The van der Waals surface area contributed by atoms with Crippen LogP contribution in [-0.4, -0.2) is 19.7 Å². The van der Waals surface area contributed by atoms with Crippen molar-refractivity contribution in [2.75, 3.05) is 4.31 Å². The first-order valence-corrected chi connectivity index (χ1v) is 9.79. The van der Waals surface area contributed by atoms with Crippen molar-refractivity contribution < 1.29 is 13.6 Å². The Morgan fingerprint density at radius 3 is 2.57 bits per heavy atom. The third-order valence-electron chi connectivity index (χ3n) is 3.97. The molecule has 6 nitrogen and oxygen atoms in total. The number of carbonyl (C=O) groups is 1. The van der Waals surface area contributed by atoms with Crippen LogP contribution in [0.1, 0.15) is 21.5 Å². The van der Waals surface area contributed by atoms with Crippen LogP contribution in [0.3, 0.4) is 0 Å². The average Bonchev–Trinajstić information content (AvgIpc) is 2.68. The van der Waals surface area contributed by atoms with Crippen LogP contribution in [0.15, 0.2) is 67.0 Å². The summed E-state index contributed by atoms with van der Waals surface area (Å²) in [5.74, 6) is -0.367. The molecule has 1 atom stereocenters. The van der Waals surface area contributed by atoms with E-state index in [2.05, 4.69) is 10.3 Å². The van der Waals surface area contributed by atoms with Gasteiger partial charge in [0.15, 0.2) is 0 Å². The topological polar surface area (TPSA) is 85.4 Å². The zero-order chi connectivity index (χ0) is 20.1. The molecule has 0 spiro atoms. The van der Waals surface area contributed by atoms with Crippen LogP contribution in [-0.2, 0) is 17.8 Å². The Labute approximate surface area is 170 Å². The van der Waals surface area contributed by atoms with Crippen LogP contribution in [0, 0.1) is 6.92 Å². The predicted molar refractivity (Wildman–Crippen MR) is 109 cm³/mol. The minimum absolute atomic E-state index is 0.256. The van der Waals surface area contributed by atoms with Crippen LogP contribution in [0.2, 0.25) is 5.02 Å². The zero-order valence-corrected chi connectivity index (χ0v) is 16.5. The van der Waals surface area contributed by atoms with E-state index in [1.54, 1.807) is 42.7 Å². The molecule has 144 valence electrons. The molecule has 1 N–H and O–H groups in total. The second-order valence-electron chi connectivity index (χ2n) is 6.09. The number of carbonyl (C=O) groups excluding carboxylic acids is 1. The van der Waals surface area contributed by atoms with Gasteiger partial charge in [-0.1, -0.05) is 35.4 Å². The van der Waals surface area contributed by atoms with E-state index < -0.39 is 11.3 Å². The summed E-state index contributed by atoms with van der Waals surface area (Å²) in [4.78, 5) is 16.5. The maximum absolute atomic E-state index is 12.5. The fourth-order valence-electron chi connectivity index (χ4n) is 2.61. The Balaban J connectivity index is 1.87. The van der Waals surface area contributed by atoms with Gasteiger partial charge in [0.25, 0.3) is 5.91 Å². The molecule has 0 saturated carbocycles. The maximum atomic E-state index is 12.5. The number of hydrogen-bond acceptors (Lipinski definition) is 4. The van der Waals surface area contributed by atoms with Crippen LogP contribution in [0.5, 0.6) is 0 Å². The van der Waals surface area contributed by atoms with E-state index in [0.717, 1.165) is 15.4 Å². The molecule has 3 rings (SSSR count). The summed E-state index contributed by atoms with van der Waals surface area (Å²) in [6, 6.07) is 15.1. The van der Waals surface area contributed by atoms with Gasteiger partial charge in [-0.05, 0) is 48.9 Å². The highest BCUT2D eigenvalue weighted by Gasteiger charge is 2.15. The number of aryl methyl sites for hydroxylation is 1. The number of anilines is 2. The summed E-state index contributed by atoms with van der Waals surface area (Å²) >= 11 is 3.56. The minimum atomic E-state index is -2.59. The molecule has 8 heteroatoms. The summed E-state index contributed by atoms with van der Waals surface area (Å²) < 4.78 is 24.8. The van der Waals surface area contributed by atoms with Crippen molar-refractivity contribution in [3.05, 3.63) is 88.7 Å². The van der Waals surface area contributed by atoms with Gasteiger partial charge in [0.05, 0.1) is 22.6 Å². The molecular formula is C20H17ClN3O3S-. The Kier molecular flexibility index (Phi) is 6.41. The Hall–Kier alpha value is -2.74. The van der Waals surface area contributed by atoms with E-state index in [0.29, 0.717) is 12.2 Å². The van der Waals surface area contributed by atoms with Gasteiger partial charge in [0.1, 0.15) is 0 Å². The number of aromatic nitrogens is 1. The van der Waals surface area contributed by atoms with E-state index in [1.165, 1.54) is 18.2 Å². The zero-order valence-electron chi connectivity index (χ0n) is 15.0. The summed E-state index contributed by atoms with van der Waals surface area (Å²) in [5, 5.41) is 3.03. The predicted octanol–water partition coefficient (Wildman–Crippen LogP) is 3.91. The fraction of sp³-hybridized carbons (Fsp3) is 0.100. The molecule has 1 unspecified atom stereocenters. The second kappa shape index (κ2) is 8.97. The third kappa shape index (κ3) is 4.95. The highest BCUT2D eigenvalue weighted by molar-refractivity contribution is 7.81. The molecule has 1 aromatic heterocycles. The molecule has 3 aromatic rings. The standard InChI is InChI=1S/C20H18ClN3O3S/c1-14-4-6-18(7-5-14)24(28(26)27)19-10-16(9-17(21)11-19)20(25)23-13-15-3-2-8-22-12-15/h2-12H,13H2,1H3,(H,23,25)(H,26,27)/p-1. The normalized spacial score (nSPS) is 11.7. The van der Waals surface area contributed by atoms with Crippen molar-refractivity contribution in [3.63, 3.8) is 0 Å². The first-order chi connectivity index (χ1) is 13.4. The van der Waals surface area contributed by atoms with E-state index in [4.69, 9.17) is 11.6 Å². The molecule has 0 aliphatic heterocycles. The van der Waals surface area contributed by atoms with E-state index in [-0.39, 0.29) is 22.2 Å². The molecular weight excluding hydrogens is 398 g/mol. The molecule has 0 fully saturated rings. The first kappa shape index (κ1) is 20.0. The monoisotopic (exact) mass is 414 g/mol. The van der Waals surface area contributed by atoms with Crippen LogP contribution in [0.4, 0.5) is 11.4 Å². The molecule has 0 aliphatic carbocycles. The lowest BCUT2D eigenvalue weighted by molar-refractivity contribution is 0.0951. The van der Waals surface area contributed by atoms with Gasteiger partial charge < -0.3 is 9.87 Å². The number of hydrogen-bond donors (Lipinski definition) is 1. The Bertz CT molecular complexity index is 997. The minimum Gasteiger partial charge on any atom is -0.755 e. The molecule has 2 aromatic carbocycles. The summed E-state index contributed by atoms with van der Waals surface area (Å²) in [6.45, 7) is 2.20. The smallest absolute Gasteiger partial charge is 0.251 e. The SMILES string of the molecule is Cc1ccc(N(c2cc(Cl)cc(C(=O)NCc3cccnc3)c2)S(=O)[O-])cc1. The number of amides is 1. The van der Waals surface area contributed by atoms with Crippen molar-refractivity contribution in [2.45, 2.75) is 13.5 Å². The van der Waals surface area contributed by atoms with Crippen molar-refractivity contribution in [1.29, 1.82) is 0 Å². The molecule has 0 bridgehead atoms. The van der Waals surface area contributed by atoms with Gasteiger partial charge in [-0.2, -0.15) is 0 Å². The lowest BCUT2D eigenvalue weighted by Crippen LogP contribution is -2.24. The third-order valence-corrected chi connectivity index (χ3v) is 4.91. The van der Waals surface area contributed by atoms with Crippen LogP contribution < -0.4 is 9.62 Å². The highest BCUT2D eigenvalue weighted by atomic mass is 35.5. The van der Waals surface area contributed by atoms with E-state index in [1.807, 2.05) is 13.0 Å². The number of pyridine rings is 1. The quantitative estimate of drug-likeness (QED) is 0.620. The molecule has 1 heterocycles. The van der Waals surface area contributed by atoms with Crippen molar-refractivity contribution in [2.24, 2.45) is 0 Å². The van der Waals surface area contributed by atoms with Gasteiger partial charge in [0, 0.05) is 29.5 Å². The lowest BCUT2D eigenvalue weighted by atomic mass is 10.1. The summed E-state index contributed by atoms with van der Waals surface area (Å²) in [6.07, 6.45) is 3.31. The van der Waals surface area contributed by atoms with Crippen LogP contribution in [0.25, 0.3) is 0 Å². The largest absolute Gasteiger partial charge is 0.755 e. The van der Waals surface area contributed by atoms with Gasteiger partial charge in [-0.15, -0.1) is 0 Å². The Morgan fingerprint density at radius 2 is 1.93 bits per heavy atom. The lowest BCUT2D eigenvalue weighted by Gasteiger charge is -2.27. The van der Waals surface area contributed by atoms with Gasteiger partial charge in [0.2, 0.25) is 0 Å². The van der Waals surface area contributed by atoms with Gasteiger partial charge in [-0.25, -0.2) is 0 Å². The molecule has 0 saturated heterocycles. The van der Waals surface area contributed by atoms with Crippen LogP contribution >= 0.6 is 11.6 Å². The van der Waals surface area contributed by atoms with E-state index >= 15 is 0 Å². The first-order valence-electron chi connectivity index (χ1n) is 8.38. The van der Waals surface area contributed by atoms with Crippen molar-refractivity contribution in [3.8, 4) is 0 Å². The van der Waals surface area contributed by atoms with Crippen molar-refractivity contribution >= 4 is 40.1 Å². The van der Waals surface area contributed by atoms with Crippen molar-refractivity contribution in [1.82, 2.24) is 10.3 Å². The molecule has 28 heavy (non-hydrogen) atoms.